The Hall–Kier alpha value is -2.25. The Morgan fingerprint density at radius 1 is 1.21 bits per heavy atom. The van der Waals surface area contributed by atoms with Crippen LogP contribution in [0.25, 0.3) is 0 Å². The molecule has 2 aromatic rings. The lowest BCUT2D eigenvalue weighted by Gasteiger charge is -2.42. The maximum absolute atomic E-state index is 12.6. The van der Waals surface area contributed by atoms with Gasteiger partial charge in [0.2, 0.25) is 5.91 Å². The van der Waals surface area contributed by atoms with Crippen molar-refractivity contribution in [2.45, 2.75) is 44.7 Å². The number of amides is 1. The maximum atomic E-state index is 12.6. The molecule has 0 radical (unpaired) electrons. The van der Waals surface area contributed by atoms with E-state index < -0.39 is 0 Å². The lowest BCUT2D eigenvalue weighted by Crippen LogP contribution is -2.50. The van der Waals surface area contributed by atoms with E-state index in [1.54, 1.807) is 6.20 Å². The molecular formula is C22H32N6O. The van der Waals surface area contributed by atoms with Crippen LogP contribution in [0, 0.1) is 5.92 Å². The molecule has 0 spiro atoms. The van der Waals surface area contributed by atoms with Gasteiger partial charge >= 0.3 is 0 Å². The van der Waals surface area contributed by atoms with Gasteiger partial charge in [-0.25, -0.2) is 4.98 Å². The van der Waals surface area contributed by atoms with Crippen LogP contribution in [-0.4, -0.2) is 69.4 Å². The second-order valence-corrected chi connectivity index (χ2v) is 8.28. The molecule has 156 valence electrons. The van der Waals surface area contributed by atoms with Crippen molar-refractivity contribution in [2.24, 2.45) is 5.92 Å². The average Bonchev–Trinajstić information content (AvgIpc) is 3.29. The van der Waals surface area contributed by atoms with Crippen LogP contribution >= 0.6 is 0 Å². The summed E-state index contributed by atoms with van der Waals surface area (Å²) in [5, 5.41) is 3.11. The van der Waals surface area contributed by atoms with E-state index in [9.17, 15) is 4.79 Å². The van der Waals surface area contributed by atoms with Gasteiger partial charge in [-0.1, -0.05) is 6.07 Å². The van der Waals surface area contributed by atoms with Gasteiger partial charge in [0.1, 0.15) is 5.82 Å². The highest BCUT2D eigenvalue weighted by atomic mass is 16.1. The van der Waals surface area contributed by atoms with Crippen molar-refractivity contribution in [3.63, 3.8) is 0 Å². The Balaban J connectivity index is 1.20. The van der Waals surface area contributed by atoms with Crippen molar-refractivity contribution in [1.82, 2.24) is 30.1 Å². The summed E-state index contributed by atoms with van der Waals surface area (Å²) >= 11 is 0. The van der Waals surface area contributed by atoms with Crippen molar-refractivity contribution in [1.29, 1.82) is 0 Å². The largest absolute Gasteiger partial charge is 0.355 e. The van der Waals surface area contributed by atoms with E-state index in [-0.39, 0.29) is 11.8 Å². The molecule has 2 saturated heterocycles. The molecule has 0 unspecified atom stereocenters. The SMILES string of the molecule is O=C(NCCc1ncc[nH]1)[C@H]1CCCN(C2CCN(Cc3cccnc3)CC2)C1. The van der Waals surface area contributed by atoms with E-state index in [0.29, 0.717) is 12.6 Å². The van der Waals surface area contributed by atoms with Gasteiger partial charge in [0, 0.05) is 56.9 Å². The van der Waals surface area contributed by atoms with E-state index in [1.807, 2.05) is 24.7 Å². The highest BCUT2D eigenvalue weighted by Crippen LogP contribution is 2.24. The first kappa shape index (κ1) is 20.0. The van der Waals surface area contributed by atoms with Crippen LogP contribution in [0.4, 0.5) is 0 Å². The smallest absolute Gasteiger partial charge is 0.224 e. The van der Waals surface area contributed by atoms with E-state index in [0.717, 1.165) is 57.8 Å². The monoisotopic (exact) mass is 396 g/mol. The van der Waals surface area contributed by atoms with Crippen LogP contribution in [0.15, 0.2) is 36.9 Å². The number of carbonyl (C=O) groups is 1. The highest BCUT2D eigenvalue weighted by molar-refractivity contribution is 5.78. The van der Waals surface area contributed by atoms with Crippen LogP contribution in [0.2, 0.25) is 0 Å². The summed E-state index contributed by atoms with van der Waals surface area (Å²) in [6, 6.07) is 4.77. The highest BCUT2D eigenvalue weighted by Gasteiger charge is 2.31. The lowest BCUT2D eigenvalue weighted by molar-refractivity contribution is -0.127. The number of likely N-dealkylation sites (tertiary alicyclic amines) is 2. The van der Waals surface area contributed by atoms with Gasteiger partial charge in [-0.15, -0.1) is 0 Å². The van der Waals surface area contributed by atoms with Crippen LogP contribution in [0.3, 0.4) is 0 Å². The molecule has 1 atom stereocenters. The number of nitrogens with zero attached hydrogens (tertiary/aromatic N) is 4. The summed E-state index contributed by atoms with van der Waals surface area (Å²) < 4.78 is 0. The van der Waals surface area contributed by atoms with Crippen LogP contribution in [0.1, 0.15) is 37.1 Å². The zero-order valence-electron chi connectivity index (χ0n) is 17.1. The van der Waals surface area contributed by atoms with E-state index in [1.165, 1.54) is 18.4 Å². The number of carbonyl (C=O) groups excluding carboxylic acids is 1. The molecule has 7 nitrogen and oxygen atoms in total. The Bertz CT molecular complexity index is 742. The predicted octanol–water partition coefficient (Wildman–Crippen LogP) is 1.84. The third kappa shape index (κ3) is 5.64. The van der Waals surface area contributed by atoms with Gasteiger partial charge in [-0.2, -0.15) is 0 Å². The Morgan fingerprint density at radius 3 is 2.86 bits per heavy atom. The molecule has 2 aliphatic rings. The number of aromatic nitrogens is 3. The summed E-state index contributed by atoms with van der Waals surface area (Å²) in [7, 11) is 0. The molecule has 0 saturated carbocycles. The molecule has 1 amide bonds. The molecule has 4 heterocycles. The normalized spacial score (nSPS) is 21.9. The minimum Gasteiger partial charge on any atom is -0.355 e. The van der Waals surface area contributed by atoms with Gasteiger partial charge in [-0.3, -0.25) is 19.6 Å². The molecular weight excluding hydrogens is 364 g/mol. The number of hydrogen-bond donors (Lipinski definition) is 2. The van der Waals surface area contributed by atoms with Crippen molar-refractivity contribution < 1.29 is 4.79 Å². The average molecular weight is 397 g/mol. The first-order valence-electron chi connectivity index (χ1n) is 10.9. The summed E-state index contributed by atoms with van der Waals surface area (Å²) in [6.45, 7) is 5.91. The lowest BCUT2D eigenvalue weighted by atomic mass is 9.93. The van der Waals surface area contributed by atoms with Crippen molar-refractivity contribution in [3.05, 3.63) is 48.3 Å². The molecule has 2 aliphatic heterocycles. The van der Waals surface area contributed by atoms with Crippen LogP contribution in [-0.2, 0) is 17.8 Å². The molecule has 0 bridgehead atoms. The number of hydrogen-bond acceptors (Lipinski definition) is 5. The quantitative estimate of drug-likeness (QED) is 0.747. The van der Waals surface area contributed by atoms with Crippen molar-refractivity contribution in [2.75, 3.05) is 32.7 Å². The Labute approximate surface area is 172 Å². The molecule has 4 rings (SSSR count). The second-order valence-electron chi connectivity index (χ2n) is 8.28. The minimum absolute atomic E-state index is 0.119. The van der Waals surface area contributed by atoms with Crippen molar-refractivity contribution >= 4 is 5.91 Å². The number of rotatable bonds is 7. The number of pyridine rings is 1. The van der Waals surface area contributed by atoms with Crippen molar-refractivity contribution in [3.8, 4) is 0 Å². The summed E-state index contributed by atoms with van der Waals surface area (Å²) in [5.74, 6) is 1.25. The number of imidazole rings is 1. The third-order valence-electron chi connectivity index (χ3n) is 6.24. The molecule has 2 aromatic heterocycles. The minimum atomic E-state index is 0.119. The summed E-state index contributed by atoms with van der Waals surface area (Å²) in [6.07, 6.45) is 12.6. The Morgan fingerprint density at radius 2 is 2.10 bits per heavy atom. The molecule has 7 heteroatoms. The van der Waals surface area contributed by atoms with E-state index >= 15 is 0 Å². The molecule has 29 heavy (non-hydrogen) atoms. The topological polar surface area (TPSA) is 77.2 Å². The number of aromatic amines is 1. The molecule has 2 fully saturated rings. The fourth-order valence-electron chi connectivity index (χ4n) is 4.63. The zero-order chi connectivity index (χ0) is 19.9. The van der Waals surface area contributed by atoms with Gasteiger partial charge < -0.3 is 10.3 Å². The first-order chi connectivity index (χ1) is 14.3. The molecule has 0 aromatic carbocycles. The summed E-state index contributed by atoms with van der Waals surface area (Å²) in [4.78, 5) is 29.2. The second kappa shape index (κ2) is 9.98. The van der Waals surface area contributed by atoms with Gasteiger partial charge in [0.25, 0.3) is 0 Å². The number of H-pyrrole nitrogens is 1. The number of nitrogens with one attached hydrogen (secondary N) is 2. The maximum Gasteiger partial charge on any atom is 0.224 e. The standard InChI is InChI=1S/C22H32N6O/c29-22(26-9-5-21-24-10-11-25-21)19-4-2-12-28(17-19)20-6-13-27(14-7-20)16-18-3-1-8-23-15-18/h1,3,8,10-11,15,19-20H,2,4-7,9,12-14,16-17H2,(H,24,25)(H,26,29)/t19-/m0/s1. The van der Waals surface area contributed by atoms with Gasteiger partial charge in [0.15, 0.2) is 0 Å². The number of piperidine rings is 2. The summed E-state index contributed by atoms with van der Waals surface area (Å²) in [5.41, 5.74) is 1.29. The molecule has 2 N–H and O–H groups in total. The molecule has 0 aliphatic carbocycles. The Kier molecular flexibility index (Phi) is 6.90. The van der Waals surface area contributed by atoms with Crippen LogP contribution in [0.5, 0.6) is 0 Å². The van der Waals surface area contributed by atoms with Crippen LogP contribution < -0.4 is 5.32 Å². The fourth-order valence-corrected chi connectivity index (χ4v) is 4.63. The zero-order valence-corrected chi connectivity index (χ0v) is 17.1. The van der Waals surface area contributed by atoms with Gasteiger partial charge in [0.05, 0.1) is 5.92 Å². The third-order valence-corrected chi connectivity index (χ3v) is 6.24. The fraction of sp³-hybridized carbons (Fsp3) is 0.591. The van der Waals surface area contributed by atoms with Gasteiger partial charge in [-0.05, 0) is 56.9 Å². The van der Waals surface area contributed by atoms with E-state index in [4.69, 9.17) is 0 Å². The van der Waals surface area contributed by atoms with E-state index in [2.05, 4.69) is 36.1 Å². The predicted molar refractivity (Wildman–Crippen MR) is 112 cm³/mol. The first-order valence-corrected chi connectivity index (χ1v) is 10.9.